The smallest absolute Gasteiger partial charge is 0.123 e. The highest BCUT2D eigenvalue weighted by Crippen LogP contribution is 2.20. The van der Waals surface area contributed by atoms with Gasteiger partial charge in [0.15, 0.2) is 0 Å². The fraction of sp³-hybridized carbons (Fsp3) is 0.308. The number of nitrogens with two attached hydrogens (primary N) is 1. The van der Waals surface area contributed by atoms with Crippen LogP contribution in [0.3, 0.4) is 0 Å². The molecule has 0 aliphatic heterocycles. The SMILES string of the molecule is Cc1ccc(F)cc1C(N)Cc1ccn(C)n1. The summed E-state index contributed by atoms with van der Waals surface area (Å²) in [6, 6.07) is 6.41. The summed E-state index contributed by atoms with van der Waals surface area (Å²) in [7, 11) is 1.86. The number of rotatable bonds is 3. The molecule has 0 aliphatic rings. The van der Waals surface area contributed by atoms with Crippen LogP contribution in [0.15, 0.2) is 30.5 Å². The van der Waals surface area contributed by atoms with E-state index in [9.17, 15) is 4.39 Å². The third-order valence-electron chi connectivity index (χ3n) is 2.84. The fourth-order valence-corrected chi connectivity index (χ4v) is 1.92. The van der Waals surface area contributed by atoms with Crippen LogP contribution in [0.1, 0.15) is 22.9 Å². The molecule has 4 heteroatoms. The van der Waals surface area contributed by atoms with Crippen molar-refractivity contribution >= 4 is 0 Å². The summed E-state index contributed by atoms with van der Waals surface area (Å²) < 4.78 is 14.9. The molecule has 2 N–H and O–H groups in total. The van der Waals surface area contributed by atoms with Gasteiger partial charge in [-0.15, -0.1) is 0 Å². The Hall–Kier alpha value is -1.68. The number of halogens is 1. The summed E-state index contributed by atoms with van der Waals surface area (Å²) in [5, 5.41) is 4.27. The summed E-state index contributed by atoms with van der Waals surface area (Å²) >= 11 is 0. The molecule has 1 aromatic heterocycles. The molecule has 1 aromatic carbocycles. The summed E-state index contributed by atoms with van der Waals surface area (Å²) in [4.78, 5) is 0. The minimum atomic E-state index is -0.248. The average Bonchev–Trinajstić information content (AvgIpc) is 2.67. The lowest BCUT2D eigenvalue weighted by Crippen LogP contribution is -2.15. The summed E-state index contributed by atoms with van der Waals surface area (Å²) in [5.74, 6) is -0.248. The van der Waals surface area contributed by atoms with Gasteiger partial charge >= 0.3 is 0 Å². The number of aromatic nitrogens is 2. The third kappa shape index (κ3) is 2.71. The maximum absolute atomic E-state index is 13.2. The predicted octanol–water partition coefficient (Wildman–Crippen LogP) is 2.11. The largest absolute Gasteiger partial charge is 0.324 e. The van der Waals surface area contributed by atoms with Crippen LogP contribution in [0.5, 0.6) is 0 Å². The van der Waals surface area contributed by atoms with Crippen LogP contribution in [0, 0.1) is 12.7 Å². The van der Waals surface area contributed by atoms with Crippen LogP contribution in [-0.2, 0) is 13.5 Å². The molecule has 0 spiro atoms. The van der Waals surface area contributed by atoms with E-state index in [0.717, 1.165) is 16.8 Å². The van der Waals surface area contributed by atoms with Crippen molar-refractivity contribution in [3.63, 3.8) is 0 Å². The van der Waals surface area contributed by atoms with Crippen molar-refractivity contribution in [1.29, 1.82) is 0 Å². The number of hydrogen-bond acceptors (Lipinski definition) is 2. The van der Waals surface area contributed by atoms with Crippen LogP contribution >= 0.6 is 0 Å². The molecule has 0 saturated carbocycles. The Morgan fingerprint density at radius 2 is 2.18 bits per heavy atom. The van der Waals surface area contributed by atoms with Crippen molar-refractivity contribution < 1.29 is 4.39 Å². The Kier molecular flexibility index (Phi) is 3.24. The zero-order valence-electron chi connectivity index (χ0n) is 10.0. The van der Waals surface area contributed by atoms with Gasteiger partial charge < -0.3 is 5.73 Å². The van der Waals surface area contributed by atoms with Gasteiger partial charge in [-0.25, -0.2) is 4.39 Å². The molecule has 1 heterocycles. The first-order valence-electron chi connectivity index (χ1n) is 5.56. The quantitative estimate of drug-likeness (QED) is 0.882. The minimum Gasteiger partial charge on any atom is -0.324 e. The molecule has 17 heavy (non-hydrogen) atoms. The van der Waals surface area contributed by atoms with Gasteiger partial charge in [0.1, 0.15) is 5.82 Å². The van der Waals surface area contributed by atoms with E-state index in [0.29, 0.717) is 6.42 Å². The molecule has 3 nitrogen and oxygen atoms in total. The Bertz CT molecular complexity index is 519. The molecular formula is C13H16FN3. The van der Waals surface area contributed by atoms with Crippen LogP contribution < -0.4 is 5.73 Å². The molecule has 0 fully saturated rings. The second-order valence-electron chi connectivity index (χ2n) is 4.29. The molecule has 0 amide bonds. The van der Waals surface area contributed by atoms with E-state index in [1.54, 1.807) is 10.7 Å². The van der Waals surface area contributed by atoms with E-state index < -0.39 is 0 Å². The minimum absolute atomic E-state index is 0.222. The van der Waals surface area contributed by atoms with Crippen LogP contribution in [0.2, 0.25) is 0 Å². The second kappa shape index (κ2) is 4.67. The highest BCUT2D eigenvalue weighted by atomic mass is 19.1. The molecule has 0 saturated heterocycles. The van der Waals surface area contributed by atoms with E-state index in [1.807, 2.05) is 26.2 Å². The van der Waals surface area contributed by atoms with E-state index in [1.165, 1.54) is 12.1 Å². The molecule has 90 valence electrons. The Morgan fingerprint density at radius 1 is 1.41 bits per heavy atom. The van der Waals surface area contributed by atoms with Gasteiger partial charge in [0.2, 0.25) is 0 Å². The molecule has 0 aliphatic carbocycles. The lowest BCUT2D eigenvalue weighted by atomic mass is 9.98. The Balaban J connectivity index is 2.19. The molecule has 1 atom stereocenters. The van der Waals surface area contributed by atoms with Crippen molar-refractivity contribution in [2.75, 3.05) is 0 Å². The van der Waals surface area contributed by atoms with Gasteiger partial charge in [0.05, 0.1) is 5.69 Å². The average molecular weight is 233 g/mol. The van der Waals surface area contributed by atoms with Crippen molar-refractivity contribution in [3.05, 3.63) is 53.1 Å². The van der Waals surface area contributed by atoms with Gasteiger partial charge in [-0.05, 0) is 36.2 Å². The van der Waals surface area contributed by atoms with Crippen LogP contribution in [0.25, 0.3) is 0 Å². The Morgan fingerprint density at radius 3 is 2.82 bits per heavy atom. The van der Waals surface area contributed by atoms with Gasteiger partial charge in [-0.1, -0.05) is 6.07 Å². The Labute approximate surface area is 100 Å². The maximum Gasteiger partial charge on any atom is 0.123 e. The number of hydrogen-bond donors (Lipinski definition) is 1. The molecule has 1 unspecified atom stereocenters. The fourth-order valence-electron chi connectivity index (χ4n) is 1.92. The van der Waals surface area contributed by atoms with Crippen LogP contribution in [0.4, 0.5) is 4.39 Å². The molecular weight excluding hydrogens is 217 g/mol. The van der Waals surface area contributed by atoms with Crippen LogP contribution in [-0.4, -0.2) is 9.78 Å². The first kappa shape index (κ1) is 11.8. The maximum atomic E-state index is 13.2. The highest BCUT2D eigenvalue weighted by molar-refractivity contribution is 5.30. The summed E-state index contributed by atoms with van der Waals surface area (Å²) in [5.41, 5.74) is 8.86. The monoisotopic (exact) mass is 233 g/mol. The molecule has 0 radical (unpaired) electrons. The van der Waals surface area contributed by atoms with Crippen molar-refractivity contribution in [3.8, 4) is 0 Å². The first-order valence-corrected chi connectivity index (χ1v) is 5.56. The standard InChI is InChI=1S/C13H16FN3/c1-9-3-4-10(14)7-12(9)13(15)8-11-5-6-17(2)16-11/h3-7,13H,8,15H2,1-2H3. The molecule has 0 bridgehead atoms. The summed E-state index contributed by atoms with van der Waals surface area (Å²) in [6.07, 6.45) is 2.49. The van der Waals surface area contributed by atoms with Gasteiger partial charge in [-0.2, -0.15) is 5.10 Å². The van der Waals surface area contributed by atoms with Gasteiger partial charge in [0.25, 0.3) is 0 Å². The topological polar surface area (TPSA) is 43.8 Å². The molecule has 2 aromatic rings. The molecule has 2 rings (SSSR count). The predicted molar refractivity (Wildman–Crippen MR) is 65.0 cm³/mol. The number of benzene rings is 1. The first-order chi connectivity index (χ1) is 8.06. The lowest BCUT2D eigenvalue weighted by molar-refractivity contribution is 0.614. The second-order valence-corrected chi connectivity index (χ2v) is 4.29. The van der Waals surface area contributed by atoms with E-state index in [2.05, 4.69) is 5.10 Å². The summed E-state index contributed by atoms with van der Waals surface area (Å²) in [6.45, 7) is 1.94. The van der Waals surface area contributed by atoms with Crippen molar-refractivity contribution in [2.45, 2.75) is 19.4 Å². The zero-order chi connectivity index (χ0) is 12.4. The van der Waals surface area contributed by atoms with Gasteiger partial charge in [-0.3, -0.25) is 4.68 Å². The number of aryl methyl sites for hydroxylation is 2. The van der Waals surface area contributed by atoms with E-state index in [-0.39, 0.29) is 11.9 Å². The van der Waals surface area contributed by atoms with Crippen molar-refractivity contribution in [1.82, 2.24) is 9.78 Å². The third-order valence-corrected chi connectivity index (χ3v) is 2.84. The van der Waals surface area contributed by atoms with E-state index in [4.69, 9.17) is 5.73 Å². The van der Waals surface area contributed by atoms with Crippen molar-refractivity contribution in [2.24, 2.45) is 12.8 Å². The lowest BCUT2D eigenvalue weighted by Gasteiger charge is -2.13. The van der Waals surface area contributed by atoms with Gasteiger partial charge in [0, 0.05) is 25.7 Å². The van der Waals surface area contributed by atoms with E-state index >= 15 is 0 Å². The normalized spacial score (nSPS) is 12.7. The number of nitrogens with zero attached hydrogens (tertiary/aromatic N) is 2. The highest BCUT2D eigenvalue weighted by Gasteiger charge is 2.12. The zero-order valence-corrected chi connectivity index (χ0v) is 10.0.